The molecule has 0 aromatic heterocycles. The molecule has 0 radical (unpaired) electrons. The fraction of sp³-hybridized carbons (Fsp3) is 0.500. The second kappa shape index (κ2) is 3.06. The van der Waals surface area contributed by atoms with Gasteiger partial charge in [-0.05, 0) is 6.08 Å². The van der Waals surface area contributed by atoms with Gasteiger partial charge in [0, 0.05) is 5.88 Å². The molecule has 0 spiro atoms. The zero-order valence-electron chi connectivity index (χ0n) is 4.17. The summed E-state index contributed by atoms with van der Waals surface area (Å²) in [5.41, 5.74) is 0. The molecule has 0 aromatic rings. The van der Waals surface area contributed by atoms with Gasteiger partial charge in [-0.25, -0.2) is 4.39 Å². The lowest BCUT2D eigenvalue weighted by Crippen LogP contribution is -2.07. The van der Waals surface area contributed by atoms with E-state index in [0.717, 1.165) is 0 Å². The minimum Gasteiger partial charge on any atom is -0.202 e. The average Bonchev–Trinajstić information content (AvgIpc) is 1.64. The van der Waals surface area contributed by atoms with Gasteiger partial charge in [0.25, 0.3) is 0 Å². The van der Waals surface area contributed by atoms with E-state index in [1.807, 2.05) is 0 Å². The van der Waals surface area contributed by atoms with E-state index >= 15 is 0 Å². The first-order valence-electron chi connectivity index (χ1n) is 1.97. The Kier molecular flexibility index (Phi) is 2.97. The molecule has 0 heterocycles. The van der Waals surface area contributed by atoms with Gasteiger partial charge in [-0.1, -0.05) is 0 Å². The van der Waals surface area contributed by atoms with Crippen molar-refractivity contribution in [1.82, 2.24) is 0 Å². The standard InChI is InChI=1S/C4H3ClF4/c5-2-1-3(6)4(7,8)9/h1H,2H2/b3-1-. The van der Waals surface area contributed by atoms with Crippen LogP contribution in [0.5, 0.6) is 0 Å². The predicted molar refractivity (Wildman–Crippen MR) is 26.0 cm³/mol. The Balaban J connectivity index is 4.03. The van der Waals surface area contributed by atoms with E-state index in [0.29, 0.717) is 0 Å². The van der Waals surface area contributed by atoms with E-state index in [-0.39, 0.29) is 6.08 Å². The summed E-state index contributed by atoms with van der Waals surface area (Å²) in [7, 11) is 0. The molecule has 0 fully saturated rings. The van der Waals surface area contributed by atoms with Crippen molar-refractivity contribution in [2.45, 2.75) is 6.18 Å². The highest BCUT2D eigenvalue weighted by Crippen LogP contribution is 2.25. The lowest BCUT2D eigenvalue weighted by atomic mass is 10.5. The van der Waals surface area contributed by atoms with Gasteiger partial charge in [-0.3, -0.25) is 0 Å². The van der Waals surface area contributed by atoms with Crippen LogP contribution < -0.4 is 0 Å². The minimum absolute atomic E-state index is 0.265. The molecule has 9 heavy (non-hydrogen) atoms. The van der Waals surface area contributed by atoms with Crippen LogP contribution >= 0.6 is 11.6 Å². The largest absolute Gasteiger partial charge is 0.442 e. The molecule has 0 amide bonds. The Bertz CT molecular complexity index is 114. The molecule has 0 rings (SSSR count). The molecule has 0 aliphatic rings. The van der Waals surface area contributed by atoms with Crippen molar-refractivity contribution >= 4 is 11.6 Å². The van der Waals surface area contributed by atoms with Crippen LogP contribution in [0.1, 0.15) is 0 Å². The maximum atomic E-state index is 11.6. The zero-order valence-corrected chi connectivity index (χ0v) is 4.93. The Hall–Kier alpha value is -0.250. The van der Waals surface area contributed by atoms with Crippen LogP contribution in [0, 0.1) is 0 Å². The first-order chi connectivity index (χ1) is 3.98. The van der Waals surface area contributed by atoms with E-state index in [1.165, 1.54) is 0 Å². The molecular formula is C4H3ClF4. The van der Waals surface area contributed by atoms with Crippen molar-refractivity contribution in [2.75, 3.05) is 5.88 Å². The van der Waals surface area contributed by atoms with Crippen LogP contribution in [0.4, 0.5) is 17.6 Å². The molecule has 5 heteroatoms. The molecule has 0 saturated heterocycles. The lowest BCUT2D eigenvalue weighted by molar-refractivity contribution is -0.108. The van der Waals surface area contributed by atoms with Crippen LogP contribution in [0.15, 0.2) is 11.9 Å². The maximum Gasteiger partial charge on any atom is 0.442 e. The van der Waals surface area contributed by atoms with E-state index in [4.69, 9.17) is 11.6 Å². The number of alkyl halides is 4. The third-order valence-corrected chi connectivity index (χ3v) is 0.681. The average molecular weight is 163 g/mol. The number of halogens is 5. The van der Waals surface area contributed by atoms with Crippen LogP contribution in [0.3, 0.4) is 0 Å². The summed E-state index contributed by atoms with van der Waals surface area (Å²) in [6.07, 6.45) is -4.61. The van der Waals surface area contributed by atoms with Crippen molar-refractivity contribution < 1.29 is 17.6 Å². The fourth-order valence-electron chi connectivity index (χ4n) is 0.183. The molecule has 0 aliphatic heterocycles. The minimum atomic E-state index is -4.88. The van der Waals surface area contributed by atoms with Crippen LogP contribution in [-0.4, -0.2) is 12.1 Å². The van der Waals surface area contributed by atoms with Crippen LogP contribution in [0.25, 0.3) is 0 Å². The van der Waals surface area contributed by atoms with Crippen molar-refractivity contribution in [3.8, 4) is 0 Å². The molecule has 0 nitrogen and oxygen atoms in total. The quantitative estimate of drug-likeness (QED) is 0.411. The summed E-state index contributed by atoms with van der Waals surface area (Å²) in [5, 5.41) is 0. The Labute approximate surface area is 54.1 Å². The molecule has 0 saturated carbocycles. The number of allylic oxidation sites excluding steroid dienone is 2. The normalized spacial score (nSPS) is 14.1. The van der Waals surface area contributed by atoms with Crippen LogP contribution in [0.2, 0.25) is 0 Å². The summed E-state index contributed by atoms with van der Waals surface area (Å²) in [5.74, 6) is -2.61. The lowest BCUT2D eigenvalue weighted by Gasteiger charge is -1.99. The van der Waals surface area contributed by atoms with E-state index in [2.05, 4.69) is 0 Å². The first kappa shape index (κ1) is 8.75. The van der Waals surface area contributed by atoms with Crippen molar-refractivity contribution in [3.63, 3.8) is 0 Å². The highest BCUT2D eigenvalue weighted by atomic mass is 35.5. The monoisotopic (exact) mass is 162 g/mol. The molecular weight excluding hydrogens is 159 g/mol. The molecule has 0 bridgehead atoms. The molecule has 0 N–H and O–H groups in total. The van der Waals surface area contributed by atoms with Gasteiger partial charge >= 0.3 is 6.18 Å². The van der Waals surface area contributed by atoms with Crippen LogP contribution in [-0.2, 0) is 0 Å². The van der Waals surface area contributed by atoms with Crippen molar-refractivity contribution in [2.24, 2.45) is 0 Å². The topological polar surface area (TPSA) is 0 Å². The van der Waals surface area contributed by atoms with Gasteiger partial charge in [0.05, 0.1) is 0 Å². The molecule has 0 unspecified atom stereocenters. The third-order valence-electron chi connectivity index (χ3n) is 0.527. The third kappa shape index (κ3) is 3.35. The summed E-state index contributed by atoms with van der Waals surface area (Å²) in [6, 6.07) is 0. The van der Waals surface area contributed by atoms with E-state index < -0.39 is 17.9 Å². The van der Waals surface area contributed by atoms with E-state index in [9.17, 15) is 17.6 Å². The maximum absolute atomic E-state index is 11.6. The molecule has 0 atom stereocenters. The summed E-state index contributed by atoms with van der Waals surface area (Å²) in [4.78, 5) is 0. The second-order valence-electron chi connectivity index (χ2n) is 1.20. The summed E-state index contributed by atoms with van der Waals surface area (Å²) < 4.78 is 45.0. The molecule has 0 aromatic carbocycles. The van der Waals surface area contributed by atoms with Crippen molar-refractivity contribution in [3.05, 3.63) is 11.9 Å². The van der Waals surface area contributed by atoms with Gasteiger partial charge in [-0.15, -0.1) is 11.6 Å². The van der Waals surface area contributed by atoms with Gasteiger partial charge < -0.3 is 0 Å². The van der Waals surface area contributed by atoms with Gasteiger partial charge in [0.1, 0.15) is 0 Å². The highest BCUT2D eigenvalue weighted by Gasteiger charge is 2.33. The summed E-state index contributed by atoms with van der Waals surface area (Å²) in [6.45, 7) is 0. The smallest absolute Gasteiger partial charge is 0.202 e. The first-order valence-corrected chi connectivity index (χ1v) is 2.50. The summed E-state index contributed by atoms with van der Waals surface area (Å²) >= 11 is 4.79. The van der Waals surface area contributed by atoms with E-state index in [1.54, 1.807) is 0 Å². The fourth-order valence-corrected chi connectivity index (χ4v) is 0.319. The zero-order chi connectivity index (χ0) is 7.49. The van der Waals surface area contributed by atoms with Gasteiger partial charge in [-0.2, -0.15) is 13.2 Å². The second-order valence-corrected chi connectivity index (χ2v) is 1.51. The Morgan fingerprint density at radius 3 is 2.00 bits per heavy atom. The number of hydrogen-bond acceptors (Lipinski definition) is 0. The Morgan fingerprint density at radius 2 is 1.89 bits per heavy atom. The molecule has 54 valence electrons. The number of rotatable bonds is 1. The van der Waals surface area contributed by atoms with Gasteiger partial charge in [0.2, 0.25) is 5.83 Å². The predicted octanol–water partition coefficient (Wildman–Crippen LogP) is 2.64. The number of hydrogen-bond donors (Lipinski definition) is 0. The SMILES string of the molecule is F/C(=C\CCl)C(F)(F)F. The molecule has 0 aliphatic carbocycles. The van der Waals surface area contributed by atoms with Crippen molar-refractivity contribution in [1.29, 1.82) is 0 Å². The van der Waals surface area contributed by atoms with Gasteiger partial charge in [0.15, 0.2) is 0 Å². The Morgan fingerprint density at radius 1 is 1.44 bits per heavy atom. The highest BCUT2D eigenvalue weighted by molar-refractivity contribution is 6.18.